The van der Waals surface area contributed by atoms with Gasteiger partial charge in [0.05, 0.1) is 35.5 Å². The second kappa shape index (κ2) is 8.51. The van der Waals surface area contributed by atoms with Crippen LogP contribution in [0.15, 0.2) is 48.7 Å². The molecule has 2 heterocycles. The first-order chi connectivity index (χ1) is 15.8. The van der Waals surface area contributed by atoms with E-state index in [1.54, 1.807) is 16.8 Å². The van der Waals surface area contributed by atoms with Crippen LogP contribution < -0.4 is 11.5 Å². The van der Waals surface area contributed by atoms with Crippen LogP contribution in [0.5, 0.6) is 0 Å². The third-order valence-electron chi connectivity index (χ3n) is 5.40. The largest absolute Gasteiger partial charge is 0.366 e. The molecule has 2 aromatic carbocycles. The quantitative estimate of drug-likeness (QED) is 0.472. The van der Waals surface area contributed by atoms with Gasteiger partial charge in [-0.05, 0) is 36.2 Å². The van der Waals surface area contributed by atoms with E-state index in [1.165, 1.54) is 18.3 Å². The van der Waals surface area contributed by atoms with Crippen LogP contribution in [0, 0.1) is 17.1 Å². The Morgan fingerprint density at radius 2 is 1.85 bits per heavy atom. The summed E-state index contributed by atoms with van der Waals surface area (Å²) in [7, 11) is 0. The lowest BCUT2D eigenvalue weighted by molar-refractivity contribution is 0.0996. The van der Waals surface area contributed by atoms with Gasteiger partial charge in [-0.25, -0.2) is 9.37 Å². The summed E-state index contributed by atoms with van der Waals surface area (Å²) in [6.07, 6.45) is 2.05. The van der Waals surface area contributed by atoms with E-state index in [2.05, 4.69) is 16.2 Å². The number of primary amides is 2. The average Bonchev–Trinajstić information content (AvgIpc) is 3.19. The van der Waals surface area contributed by atoms with Crippen LogP contribution in [0.1, 0.15) is 44.6 Å². The zero-order valence-corrected chi connectivity index (χ0v) is 17.7. The summed E-state index contributed by atoms with van der Waals surface area (Å²) in [6.45, 7) is 2.31. The molecule has 4 rings (SSSR count). The van der Waals surface area contributed by atoms with Gasteiger partial charge in [0.15, 0.2) is 0 Å². The Hall–Kier alpha value is -4.58. The van der Waals surface area contributed by atoms with E-state index in [1.807, 2.05) is 19.1 Å². The number of carbonyl (C=O) groups excluding carboxylic acids is 2. The number of nitrogens with zero attached hydrogens (tertiary/aromatic N) is 4. The van der Waals surface area contributed by atoms with Crippen LogP contribution in [0.2, 0.25) is 0 Å². The number of pyridine rings is 1. The zero-order chi connectivity index (χ0) is 23.7. The van der Waals surface area contributed by atoms with Gasteiger partial charge in [-0.2, -0.15) is 10.4 Å². The molecule has 0 aliphatic carbocycles. The second-order valence-corrected chi connectivity index (χ2v) is 7.43. The topological polar surface area (TPSA) is 141 Å². The maximum absolute atomic E-state index is 13.8. The monoisotopic (exact) mass is 442 g/mol. The highest BCUT2D eigenvalue weighted by molar-refractivity contribution is 6.15. The van der Waals surface area contributed by atoms with E-state index in [9.17, 15) is 14.0 Å². The number of benzene rings is 2. The summed E-state index contributed by atoms with van der Waals surface area (Å²) in [6, 6.07) is 12.9. The lowest BCUT2D eigenvalue weighted by Gasteiger charge is -2.15. The summed E-state index contributed by atoms with van der Waals surface area (Å²) in [4.78, 5) is 29.1. The molecule has 164 valence electrons. The van der Waals surface area contributed by atoms with Crippen molar-refractivity contribution in [2.45, 2.75) is 19.9 Å². The molecular weight excluding hydrogens is 423 g/mol. The number of halogens is 1. The molecule has 8 nitrogen and oxygen atoms in total. The van der Waals surface area contributed by atoms with Gasteiger partial charge >= 0.3 is 0 Å². The second-order valence-electron chi connectivity index (χ2n) is 7.43. The molecule has 0 bridgehead atoms. The molecule has 9 heteroatoms. The van der Waals surface area contributed by atoms with E-state index in [0.29, 0.717) is 29.5 Å². The highest BCUT2D eigenvalue weighted by Gasteiger charge is 2.26. The van der Waals surface area contributed by atoms with E-state index in [-0.39, 0.29) is 22.3 Å². The maximum Gasteiger partial charge on any atom is 0.267 e. The van der Waals surface area contributed by atoms with Crippen molar-refractivity contribution in [1.29, 1.82) is 5.26 Å². The molecule has 2 amide bonds. The SMILES string of the molecule is CCc1c(-c2c(C(N)=O)nc3cc(F)ccc3c2C(N)=O)cnn1Cc1ccc(C#N)cc1. The minimum atomic E-state index is -0.874. The Bertz CT molecular complexity index is 1450. The summed E-state index contributed by atoms with van der Waals surface area (Å²) in [5.41, 5.74) is 14.1. The Morgan fingerprint density at radius 1 is 1.12 bits per heavy atom. The fraction of sp³-hybridized carbons (Fsp3) is 0.125. The van der Waals surface area contributed by atoms with Gasteiger partial charge in [-0.15, -0.1) is 0 Å². The first kappa shape index (κ1) is 21.6. The number of aromatic nitrogens is 3. The van der Waals surface area contributed by atoms with Crippen LogP contribution in [-0.2, 0) is 13.0 Å². The van der Waals surface area contributed by atoms with Crippen molar-refractivity contribution in [1.82, 2.24) is 14.8 Å². The molecule has 0 saturated carbocycles. The third kappa shape index (κ3) is 3.90. The standard InChI is InChI=1S/C24H19FN6O2/c1-2-19-17(11-29-31(19)12-14-5-3-13(10-26)4-6-14)20-21(23(27)32)16-8-7-15(25)9-18(16)30-22(20)24(28)33/h3-9,11H,2,12H2,1H3,(H2,27,32)(H2,28,33). The minimum absolute atomic E-state index is 0.0291. The lowest BCUT2D eigenvalue weighted by atomic mass is 9.93. The molecule has 0 aliphatic rings. The Labute approximate surface area is 188 Å². The lowest BCUT2D eigenvalue weighted by Crippen LogP contribution is -2.21. The predicted molar refractivity (Wildman–Crippen MR) is 120 cm³/mol. The van der Waals surface area contributed by atoms with Crippen LogP contribution in [-0.4, -0.2) is 26.6 Å². The van der Waals surface area contributed by atoms with Crippen LogP contribution in [0.3, 0.4) is 0 Å². The highest BCUT2D eigenvalue weighted by atomic mass is 19.1. The molecule has 33 heavy (non-hydrogen) atoms. The first-order valence-corrected chi connectivity index (χ1v) is 10.1. The van der Waals surface area contributed by atoms with Gasteiger partial charge in [-0.3, -0.25) is 14.3 Å². The Morgan fingerprint density at radius 3 is 2.45 bits per heavy atom. The van der Waals surface area contributed by atoms with Gasteiger partial charge in [0, 0.05) is 28.3 Å². The smallest absolute Gasteiger partial charge is 0.267 e. The summed E-state index contributed by atoms with van der Waals surface area (Å²) >= 11 is 0. The van der Waals surface area contributed by atoms with Crippen molar-refractivity contribution < 1.29 is 14.0 Å². The number of hydrogen-bond donors (Lipinski definition) is 2. The molecule has 0 spiro atoms. The van der Waals surface area contributed by atoms with Crippen molar-refractivity contribution >= 4 is 22.7 Å². The van der Waals surface area contributed by atoms with Crippen molar-refractivity contribution in [2.24, 2.45) is 11.5 Å². The summed E-state index contributed by atoms with van der Waals surface area (Å²) in [5, 5.41) is 13.8. The molecule has 0 saturated heterocycles. The van der Waals surface area contributed by atoms with E-state index in [4.69, 9.17) is 16.7 Å². The minimum Gasteiger partial charge on any atom is -0.366 e. The first-order valence-electron chi connectivity index (χ1n) is 10.1. The van der Waals surface area contributed by atoms with Gasteiger partial charge in [0.2, 0.25) is 5.91 Å². The van der Waals surface area contributed by atoms with Crippen molar-refractivity contribution in [3.63, 3.8) is 0 Å². The van der Waals surface area contributed by atoms with E-state index in [0.717, 1.165) is 17.3 Å². The highest BCUT2D eigenvalue weighted by Crippen LogP contribution is 2.35. The molecule has 0 unspecified atom stereocenters. The molecule has 0 radical (unpaired) electrons. The maximum atomic E-state index is 13.8. The third-order valence-corrected chi connectivity index (χ3v) is 5.40. The number of amides is 2. The number of nitrogens with two attached hydrogens (primary N) is 2. The van der Waals surface area contributed by atoms with E-state index >= 15 is 0 Å². The van der Waals surface area contributed by atoms with Gasteiger partial charge in [0.25, 0.3) is 5.91 Å². The molecule has 0 aliphatic heterocycles. The van der Waals surface area contributed by atoms with Crippen LogP contribution in [0.25, 0.3) is 22.0 Å². The Kier molecular flexibility index (Phi) is 5.58. The number of fused-ring (bicyclic) bond motifs is 1. The van der Waals surface area contributed by atoms with E-state index < -0.39 is 17.6 Å². The summed E-state index contributed by atoms with van der Waals surface area (Å²) < 4.78 is 15.5. The van der Waals surface area contributed by atoms with Crippen molar-refractivity contribution in [2.75, 3.05) is 0 Å². The normalized spacial score (nSPS) is 10.8. The van der Waals surface area contributed by atoms with Gasteiger partial charge in [-0.1, -0.05) is 19.1 Å². The number of nitriles is 1. The molecule has 0 fully saturated rings. The Balaban J connectivity index is 1.94. The zero-order valence-electron chi connectivity index (χ0n) is 17.7. The van der Waals surface area contributed by atoms with Gasteiger partial charge < -0.3 is 11.5 Å². The fourth-order valence-electron chi connectivity index (χ4n) is 3.92. The van der Waals surface area contributed by atoms with Crippen molar-refractivity contribution in [3.8, 4) is 17.2 Å². The molecule has 4 aromatic rings. The van der Waals surface area contributed by atoms with Crippen LogP contribution in [0.4, 0.5) is 4.39 Å². The molecule has 2 aromatic heterocycles. The molecule has 4 N–H and O–H groups in total. The molecule has 0 atom stereocenters. The fourth-order valence-corrected chi connectivity index (χ4v) is 3.92. The van der Waals surface area contributed by atoms with Crippen LogP contribution >= 0.6 is 0 Å². The number of carbonyl (C=O) groups is 2. The van der Waals surface area contributed by atoms with Gasteiger partial charge in [0.1, 0.15) is 11.5 Å². The summed E-state index contributed by atoms with van der Waals surface area (Å²) in [5.74, 6) is -2.24. The average molecular weight is 442 g/mol. The number of hydrogen-bond acceptors (Lipinski definition) is 5. The predicted octanol–water partition coefficient (Wildman–Crippen LogP) is 2.92. The van der Waals surface area contributed by atoms with Crippen molar-refractivity contribution in [3.05, 3.63) is 82.6 Å². The molecular formula is C24H19FN6O2. The number of rotatable bonds is 6.